The van der Waals surface area contributed by atoms with Gasteiger partial charge in [0.25, 0.3) is 0 Å². The first kappa shape index (κ1) is 21.6. The highest BCUT2D eigenvalue weighted by molar-refractivity contribution is 9.10. The predicted octanol–water partition coefficient (Wildman–Crippen LogP) is 5.06. The van der Waals surface area contributed by atoms with E-state index in [2.05, 4.69) is 21.2 Å². The molecule has 0 heterocycles. The number of ether oxygens (including phenoxy) is 3. The van der Waals surface area contributed by atoms with Gasteiger partial charge in [-0.15, -0.1) is 0 Å². The van der Waals surface area contributed by atoms with Crippen LogP contribution >= 0.6 is 27.5 Å². The lowest BCUT2D eigenvalue weighted by Crippen LogP contribution is -2.10. The van der Waals surface area contributed by atoms with Crippen LogP contribution in [0.1, 0.15) is 12.5 Å². The molecule has 0 bridgehead atoms. The molecule has 0 aliphatic carbocycles. The van der Waals surface area contributed by atoms with Crippen molar-refractivity contribution in [3.05, 3.63) is 51.5 Å². The first-order valence-electron chi connectivity index (χ1n) is 8.27. The van der Waals surface area contributed by atoms with Gasteiger partial charge in [-0.25, -0.2) is 0 Å². The van der Waals surface area contributed by atoms with Gasteiger partial charge < -0.3 is 19.5 Å². The molecule has 0 aliphatic heterocycles. The number of nitrogens with zero attached hydrogens (tertiary/aromatic N) is 1. The topological polar surface area (TPSA) is 80.6 Å². The van der Waals surface area contributed by atoms with Crippen LogP contribution in [0.5, 0.6) is 17.2 Å². The molecule has 28 heavy (non-hydrogen) atoms. The molecule has 0 aliphatic rings. The molecule has 0 saturated heterocycles. The summed E-state index contributed by atoms with van der Waals surface area (Å²) in [4.78, 5) is 12.3. The molecule has 0 saturated carbocycles. The molecule has 8 heteroatoms. The van der Waals surface area contributed by atoms with Crippen molar-refractivity contribution in [1.29, 1.82) is 5.26 Å². The SMILES string of the molecule is CCOc1c(Br)cc(Cl)cc1NC(=O)/C=C/c1ccc(OCC#N)c(OC)c1. The van der Waals surface area contributed by atoms with E-state index in [4.69, 9.17) is 31.1 Å². The minimum absolute atomic E-state index is 0.0781. The van der Waals surface area contributed by atoms with Gasteiger partial charge in [-0.1, -0.05) is 17.7 Å². The Bertz CT molecular complexity index is 925. The molecule has 0 spiro atoms. The quantitative estimate of drug-likeness (QED) is 0.551. The molecule has 0 unspecified atom stereocenters. The van der Waals surface area contributed by atoms with Crippen molar-refractivity contribution in [1.82, 2.24) is 0 Å². The molecular formula is C20H18BrClN2O4. The highest BCUT2D eigenvalue weighted by atomic mass is 79.9. The van der Waals surface area contributed by atoms with Crippen LogP contribution in [0.4, 0.5) is 5.69 Å². The number of carbonyl (C=O) groups is 1. The summed E-state index contributed by atoms with van der Waals surface area (Å²) >= 11 is 9.44. The average Bonchev–Trinajstić information content (AvgIpc) is 2.67. The third-order valence-corrected chi connectivity index (χ3v) is 4.27. The largest absolute Gasteiger partial charge is 0.493 e. The number of rotatable bonds is 8. The third-order valence-electron chi connectivity index (χ3n) is 3.46. The number of nitriles is 1. The maximum absolute atomic E-state index is 12.3. The van der Waals surface area contributed by atoms with E-state index in [9.17, 15) is 4.79 Å². The number of carbonyl (C=O) groups excluding carboxylic acids is 1. The normalized spacial score (nSPS) is 10.4. The standard InChI is InChI=1S/C20H18BrClN2O4/c1-3-27-20-15(21)11-14(22)12-16(20)24-19(25)7-5-13-4-6-17(28-9-8-23)18(10-13)26-2/h4-7,10-12H,3,9H2,1-2H3,(H,24,25)/b7-5+. The Kier molecular flexibility index (Phi) is 8.18. The van der Waals surface area contributed by atoms with Gasteiger partial charge in [-0.05, 0) is 58.8 Å². The van der Waals surface area contributed by atoms with Crippen molar-refractivity contribution in [3.63, 3.8) is 0 Å². The number of methoxy groups -OCH3 is 1. The monoisotopic (exact) mass is 464 g/mol. The first-order chi connectivity index (χ1) is 13.5. The average molecular weight is 466 g/mol. The van der Waals surface area contributed by atoms with Gasteiger partial charge in [-0.3, -0.25) is 4.79 Å². The molecule has 1 N–H and O–H groups in total. The van der Waals surface area contributed by atoms with Gasteiger partial charge in [0.1, 0.15) is 6.07 Å². The Hall–Kier alpha value is -2.69. The van der Waals surface area contributed by atoms with Crippen LogP contribution in [-0.2, 0) is 4.79 Å². The van der Waals surface area contributed by atoms with Gasteiger partial charge in [0.05, 0.1) is 23.9 Å². The number of amides is 1. The van der Waals surface area contributed by atoms with E-state index in [-0.39, 0.29) is 12.5 Å². The lowest BCUT2D eigenvalue weighted by atomic mass is 10.2. The zero-order valence-corrected chi connectivity index (χ0v) is 17.6. The Morgan fingerprint density at radius 3 is 2.75 bits per heavy atom. The Morgan fingerprint density at radius 1 is 1.29 bits per heavy atom. The van der Waals surface area contributed by atoms with E-state index >= 15 is 0 Å². The highest BCUT2D eigenvalue weighted by Gasteiger charge is 2.12. The van der Waals surface area contributed by atoms with Crippen LogP contribution in [-0.4, -0.2) is 26.2 Å². The number of benzene rings is 2. The van der Waals surface area contributed by atoms with E-state index in [1.165, 1.54) is 13.2 Å². The molecule has 0 fully saturated rings. The van der Waals surface area contributed by atoms with Crippen molar-refractivity contribution in [2.45, 2.75) is 6.92 Å². The maximum atomic E-state index is 12.3. The van der Waals surface area contributed by atoms with Crippen molar-refractivity contribution in [2.75, 3.05) is 25.6 Å². The van der Waals surface area contributed by atoms with Crippen molar-refractivity contribution in [2.24, 2.45) is 0 Å². The molecule has 1 amide bonds. The summed E-state index contributed by atoms with van der Waals surface area (Å²) in [7, 11) is 1.50. The molecule has 146 valence electrons. The summed E-state index contributed by atoms with van der Waals surface area (Å²) in [5.41, 5.74) is 1.20. The summed E-state index contributed by atoms with van der Waals surface area (Å²) in [6, 6.07) is 10.3. The van der Waals surface area contributed by atoms with Gasteiger partial charge in [0, 0.05) is 11.1 Å². The van der Waals surface area contributed by atoms with Gasteiger partial charge in [-0.2, -0.15) is 5.26 Å². The minimum atomic E-state index is -0.348. The fourth-order valence-electron chi connectivity index (χ4n) is 2.31. The lowest BCUT2D eigenvalue weighted by Gasteiger charge is -2.13. The van der Waals surface area contributed by atoms with Gasteiger partial charge >= 0.3 is 0 Å². The van der Waals surface area contributed by atoms with Crippen molar-refractivity contribution >= 4 is 45.2 Å². The first-order valence-corrected chi connectivity index (χ1v) is 9.44. The van der Waals surface area contributed by atoms with Crippen molar-refractivity contribution < 1.29 is 19.0 Å². The number of hydrogen-bond donors (Lipinski definition) is 1. The molecule has 2 aromatic carbocycles. The Labute approximate surface area is 176 Å². The number of nitrogens with one attached hydrogen (secondary N) is 1. The summed E-state index contributed by atoms with van der Waals surface area (Å²) in [5, 5.41) is 11.8. The molecule has 2 aromatic rings. The third kappa shape index (κ3) is 5.91. The predicted molar refractivity (Wildman–Crippen MR) is 112 cm³/mol. The molecule has 0 atom stereocenters. The Morgan fingerprint density at radius 2 is 2.07 bits per heavy atom. The second-order valence-electron chi connectivity index (χ2n) is 5.38. The van der Waals surface area contributed by atoms with E-state index < -0.39 is 0 Å². The molecule has 6 nitrogen and oxygen atoms in total. The van der Waals surface area contributed by atoms with E-state index in [1.807, 2.05) is 13.0 Å². The molecule has 0 radical (unpaired) electrons. The van der Waals surface area contributed by atoms with E-state index in [0.29, 0.717) is 39.0 Å². The zero-order chi connectivity index (χ0) is 20.5. The minimum Gasteiger partial charge on any atom is -0.493 e. The number of hydrogen-bond acceptors (Lipinski definition) is 5. The smallest absolute Gasteiger partial charge is 0.248 e. The number of anilines is 1. The van der Waals surface area contributed by atoms with Crippen LogP contribution in [0.3, 0.4) is 0 Å². The fourth-order valence-corrected chi connectivity index (χ4v) is 3.23. The summed E-state index contributed by atoms with van der Waals surface area (Å²) in [6.45, 7) is 2.22. The molecular weight excluding hydrogens is 448 g/mol. The van der Waals surface area contributed by atoms with Crippen molar-refractivity contribution in [3.8, 4) is 23.3 Å². The number of halogens is 2. The lowest BCUT2D eigenvalue weighted by molar-refractivity contribution is -0.111. The highest BCUT2D eigenvalue weighted by Crippen LogP contribution is 2.36. The zero-order valence-electron chi connectivity index (χ0n) is 15.3. The fraction of sp³-hybridized carbons (Fsp3) is 0.200. The van der Waals surface area contributed by atoms with Crippen LogP contribution < -0.4 is 19.5 Å². The van der Waals surface area contributed by atoms with Crippen LogP contribution in [0.15, 0.2) is 40.9 Å². The van der Waals surface area contributed by atoms with Gasteiger partial charge in [0.2, 0.25) is 5.91 Å². The maximum Gasteiger partial charge on any atom is 0.248 e. The second-order valence-corrected chi connectivity index (χ2v) is 6.67. The Balaban J connectivity index is 2.15. The second kappa shape index (κ2) is 10.6. The summed E-state index contributed by atoms with van der Waals surface area (Å²) in [6.07, 6.45) is 3.01. The van der Waals surface area contributed by atoms with Gasteiger partial charge in [0.15, 0.2) is 23.9 Å². The van der Waals surface area contributed by atoms with Crippen LogP contribution in [0, 0.1) is 11.3 Å². The summed E-state index contributed by atoms with van der Waals surface area (Å²) < 4.78 is 16.7. The van der Waals surface area contributed by atoms with E-state index in [0.717, 1.165) is 5.56 Å². The molecule has 2 rings (SSSR count). The molecule has 0 aromatic heterocycles. The summed E-state index contributed by atoms with van der Waals surface area (Å²) in [5.74, 6) is 1.08. The van der Waals surface area contributed by atoms with E-state index in [1.54, 1.807) is 36.4 Å². The van der Waals surface area contributed by atoms with Crippen LogP contribution in [0.2, 0.25) is 5.02 Å². The van der Waals surface area contributed by atoms with Crippen LogP contribution in [0.25, 0.3) is 6.08 Å².